The Morgan fingerprint density at radius 3 is 2.52 bits per heavy atom. The molecule has 0 spiro atoms. The van der Waals surface area contributed by atoms with Crippen molar-refractivity contribution in [3.63, 3.8) is 0 Å². The molecule has 0 saturated heterocycles. The lowest BCUT2D eigenvalue weighted by Crippen LogP contribution is -2.32. The maximum atomic E-state index is 12.2. The van der Waals surface area contributed by atoms with E-state index in [1.54, 1.807) is 6.92 Å². The van der Waals surface area contributed by atoms with E-state index in [1.807, 2.05) is 37.3 Å². The van der Waals surface area contributed by atoms with Crippen molar-refractivity contribution in [3.05, 3.63) is 51.3 Å². The van der Waals surface area contributed by atoms with E-state index < -0.39 is 10.0 Å². The van der Waals surface area contributed by atoms with Crippen LogP contribution >= 0.6 is 11.3 Å². The van der Waals surface area contributed by atoms with Crippen molar-refractivity contribution in [3.8, 4) is 0 Å². The number of thiazole rings is 1. The Hall–Kier alpha value is -1.44. The van der Waals surface area contributed by atoms with Crippen LogP contribution < -0.4 is 9.60 Å². The van der Waals surface area contributed by atoms with Crippen LogP contribution in [0.2, 0.25) is 0 Å². The number of rotatable bonds is 6. The van der Waals surface area contributed by atoms with E-state index >= 15 is 0 Å². The van der Waals surface area contributed by atoms with Crippen LogP contribution in [0.1, 0.15) is 24.6 Å². The lowest BCUT2D eigenvalue weighted by molar-refractivity contribution is 0.548. The minimum absolute atomic E-state index is 0.0686. The molecule has 0 bridgehead atoms. The van der Waals surface area contributed by atoms with Crippen LogP contribution in [0.25, 0.3) is 0 Å². The van der Waals surface area contributed by atoms with Gasteiger partial charge in [0.15, 0.2) is 4.21 Å². The van der Waals surface area contributed by atoms with Gasteiger partial charge >= 0.3 is 4.87 Å². The number of hydrogen-bond donors (Lipinski definition) is 2. The molecule has 0 aliphatic carbocycles. The number of nitrogens with one attached hydrogen (secondary N) is 2. The van der Waals surface area contributed by atoms with Crippen LogP contribution in [-0.4, -0.2) is 19.4 Å². The summed E-state index contributed by atoms with van der Waals surface area (Å²) < 4.78 is 27.1. The number of aromatic nitrogens is 1. The molecule has 0 aliphatic heterocycles. The molecule has 0 saturated carbocycles. The fourth-order valence-corrected chi connectivity index (χ4v) is 4.65. The predicted molar refractivity (Wildman–Crippen MR) is 84.2 cm³/mol. The average molecular weight is 326 g/mol. The quantitative estimate of drug-likeness (QED) is 0.852. The zero-order valence-electron chi connectivity index (χ0n) is 11.9. The van der Waals surface area contributed by atoms with Crippen molar-refractivity contribution < 1.29 is 8.42 Å². The summed E-state index contributed by atoms with van der Waals surface area (Å²) in [5.41, 5.74) is 1.55. The summed E-state index contributed by atoms with van der Waals surface area (Å²) in [6, 6.07) is 9.71. The summed E-state index contributed by atoms with van der Waals surface area (Å²) in [5.74, 6) is 0. The molecule has 1 heterocycles. The standard InChI is InChI=1S/C14H18N2O3S2/c1-10(8-9-12-6-4-3-5-7-12)16-21(18,19)13-11(2)15-14(17)20-13/h3-7,10,16H,8-9H2,1-2H3,(H,15,17). The van der Waals surface area contributed by atoms with Crippen LogP contribution in [0.3, 0.4) is 0 Å². The van der Waals surface area contributed by atoms with Gasteiger partial charge in [0, 0.05) is 11.7 Å². The van der Waals surface area contributed by atoms with E-state index in [1.165, 1.54) is 5.56 Å². The molecule has 21 heavy (non-hydrogen) atoms. The first-order valence-electron chi connectivity index (χ1n) is 6.64. The third kappa shape index (κ3) is 4.26. The van der Waals surface area contributed by atoms with Gasteiger partial charge in [-0.15, -0.1) is 0 Å². The third-order valence-electron chi connectivity index (χ3n) is 3.09. The zero-order valence-corrected chi connectivity index (χ0v) is 13.6. The van der Waals surface area contributed by atoms with Crippen molar-refractivity contribution in [2.75, 3.05) is 0 Å². The second-order valence-electron chi connectivity index (χ2n) is 4.97. The molecule has 1 atom stereocenters. The van der Waals surface area contributed by atoms with Gasteiger partial charge in [-0.1, -0.05) is 41.7 Å². The number of sulfonamides is 1. The molecule has 1 aromatic heterocycles. The lowest BCUT2D eigenvalue weighted by atomic mass is 10.1. The molecular weight excluding hydrogens is 308 g/mol. The van der Waals surface area contributed by atoms with Crippen molar-refractivity contribution in [1.29, 1.82) is 0 Å². The first kappa shape index (κ1) is 15.9. The maximum Gasteiger partial charge on any atom is 0.305 e. The van der Waals surface area contributed by atoms with Gasteiger partial charge in [0.05, 0.1) is 0 Å². The molecular formula is C14H18N2O3S2. The van der Waals surface area contributed by atoms with Gasteiger partial charge in [0.25, 0.3) is 10.0 Å². The summed E-state index contributed by atoms with van der Waals surface area (Å²) in [6.45, 7) is 3.41. The molecule has 2 aromatic rings. The highest BCUT2D eigenvalue weighted by Gasteiger charge is 2.22. The maximum absolute atomic E-state index is 12.2. The summed E-state index contributed by atoms with van der Waals surface area (Å²) in [5, 5.41) is 0. The number of H-pyrrole nitrogens is 1. The van der Waals surface area contributed by atoms with Crippen molar-refractivity contribution in [2.45, 2.75) is 36.9 Å². The predicted octanol–water partition coefficient (Wildman–Crippen LogP) is 2.04. The van der Waals surface area contributed by atoms with E-state index in [0.717, 1.165) is 6.42 Å². The highest BCUT2D eigenvalue weighted by Crippen LogP contribution is 2.16. The molecule has 0 aliphatic rings. The van der Waals surface area contributed by atoms with Gasteiger partial charge < -0.3 is 4.98 Å². The molecule has 1 unspecified atom stereocenters. The third-order valence-corrected chi connectivity index (χ3v) is 6.28. The van der Waals surface area contributed by atoms with Crippen LogP contribution in [-0.2, 0) is 16.4 Å². The van der Waals surface area contributed by atoms with Gasteiger partial charge in [-0.05, 0) is 32.3 Å². The molecule has 2 rings (SSSR count). The molecule has 7 heteroatoms. The molecule has 2 N–H and O–H groups in total. The molecule has 0 fully saturated rings. The Morgan fingerprint density at radius 1 is 1.29 bits per heavy atom. The number of hydrogen-bond acceptors (Lipinski definition) is 4. The van der Waals surface area contributed by atoms with Crippen molar-refractivity contribution in [1.82, 2.24) is 9.71 Å². The summed E-state index contributed by atoms with van der Waals surface area (Å²) in [4.78, 5) is 13.4. The highest BCUT2D eigenvalue weighted by atomic mass is 32.2. The topological polar surface area (TPSA) is 79.0 Å². The number of aromatic amines is 1. The smallest absolute Gasteiger partial charge is 0.305 e. The van der Waals surface area contributed by atoms with E-state index in [0.29, 0.717) is 23.5 Å². The fourth-order valence-electron chi connectivity index (χ4n) is 2.05. The van der Waals surface area contributed by atoms with Crippen molar-refractivity contribution >= 4 is 21.4 Å². The second-order valence-corrected chi connectivity index (χ2v) is 7.87. The molecule has 0 radical (unpaired) electrons. The normalized spacial score (nSPS) is 13.2. The van der Waals surface area contributed by atoms with E-state index in [9.17, 15) is 13.2 Å². The average Bonchev–Trinajstić information content (AvgIpc) is 2.77. The van der Waals surface area contributed by atoms with Crippen LogP contribution in [0.5, 0.6) is 0 Å². The Balaban J connectivity index is 2.00. The second kappa shape index (κ2) is 6.55. The van der Waals surface area contributed by atoms with E-state index in [2.05, 4.69) is 9.71 Å². The van der Waals surface area contributed by atoms with Crippen LogP contribution in [0, 0.1) is 6.92 Å². The van der Waals surface area contributed by atoms with Gasteiger partial charge in [-0.3, -0.25) is 4.79 Å². The van der Waals surface area contributed by atoms with Gasteiger partial charge in [-0.2, -0.15) is 0 Å². The van der Waals surface area contributed by atoms with Gasteiger partial charge in [-0.25, -0.2) is 13.1 Å². The number of aryl methyl sites for hydroxylation is 2. The Kier molecular flexibility index (Phi) is 4.97. The molecule has 5 nitrogen and oxygen atoms in total. The largest absolute Gasteiger partial charge is 0.315 e. The van der Waals surface area contributed by atoms with Crippen LogP contribution in [0.4, 0.5) is 0 Å². The summed E-state index contributed by atoms with van der Waals surface area (Å²) in [6.07, 6.45) is 1.49. The molecule has 0 amide bonds. The Bertz CT molecular complexity index is 748. The molecule has 1 aromatic carbocycles. The molecule has 114 valence electrons. The Morgan fingerprint density at radius 2 is 1.95 bits per heavy atom. The fraction of sp³-hybridized carbons (Fsp3) is 0.357. The van der Waals surface area contributed by atoms with Crippen LogP contribution in [0.15, 0.2) is 39.3 Å². The monoisotopic (exact) mass is 326 g/mol. The Labute approximate surface area is 128 Å². The highest BCUT2D eigenvalue weighted by molar-refractivity contribution is 7.91. The van der Waals surface area contributed by atoms with E-state index in [4.69, 9.17) is 0 Å². The van der Waals surface area contributed by atoms with Crippen molar-refractivity contribution in [2.24, 2.45) is 0 Å². The van der Waals surface area contributed by atoms with Gasteiger partial charge in [0.2, 0.25) is 0 Å². The summed E-state index contributed by atoms with van der Waals surface area (Å²) >= 11 is 0.716. The number of benzene rings is 1. The lowest BCUT2D eigenvalue weighted by Gasteiger charge is -2.13. The first-order valence-corrected chi connectivity index (χ1v) is 8.94. The van der Waals surface area contributed by atoms with E-state index in [-0.39, 0.29) is 15.1 Å². The zero-order chi connectivity index (χ0) is 15.5. The SMILES string of the molecule is Cc1[nH]c(=O)sc1S(=O)(=O)NC(C)CCc1ccccc1. The first-order chi connectivity index (χ1) is 9.88. The summed E-state index contributed by atoms with van der Waals surface area (Å²) in [7, 11) is -3.64. The van der Waals surface area contributed by atoms with Gasteiger partial charge in [0.1, 0.15) is 0 Å². The minimum Gasteiger partial charge on any atom is -0.315 e. The minimum atomic E-state index is -3.64.